The van der Waals surface area contributed by atoms with Crippen LogP contribution in [-0.4, -0.2) is 12.1 Å². The monoisotopic (exact) mass is 256 g/mol. The van der Waals surface area contributed by atoms with Gasteiger partial charge in [0.05, 0.1) is 11.8 Å². The van der Waals surface area contributed by atoms with Gasteiger partial charge in [0.1, 0.15) is 11.5 Å². The standard InChI is InChI=1S/C15H16N2O2/c1-10-5-4-6-13(7-10)9-16-17-15(18)14-8-11(2)19-12(14)3/h4-9H,1-3H3,(H,17,18). The van der Waals surface area contributed by atoms with Gasteiger partial charge in [-0.3, -0.25) is 4.79 Å². The molecule has 4 heteroatoms. The molecule has 0 spiro atoms. The first-order chi connectivity index (χ1) is 9.06. The minimum Gasteiger partial charge on any atom is -0.466 e. The van der Waals surface area contributed by atoms with Crippen molar-refractivity contribution in [1.82, 2.24) is 5.43 Å². The van der Waals surface area contributed by atoms with Gasteiger partial charge < -0.3 is 4.42 Å². The summed E-state index contributed by atoms with van der Waals surface area (Å²) >= 11 is 0. The molecule has 0 bridgehead atoms. The third kappa shape index (κ3) is 3.31. The fourth-order valence-electron chi connectivity index (χ4n) is 1.83. The zero-order chi connectivity index (χ0) is 13.8. The fourth-order valence-corrected chi connectivity index (χ4v) is 1.83. The Kier molecular flexibility index (Phi) is 3.80. The molecule has 2 aromatic rings. The van der Waals surface area contributed by atoms with Gasteiger partial charge >= 0.3 is 0 Å². The lowest BCUT2D eigenvalue weighted by Gasteiger charge is -1.98. The number of amides is 1. The highest BCUT2D eigenvalue weighted by atomic mass is 16.3. The van der Waals surface area contributed by atoms with Crippen molar-refractivity contribution < 1.29 is 9.21 Å². The van der Waals surface area contributed by atoms with E-state index >= 15 is 0 Å². The van der Waals surface area contributed by atoms with Crippen LogP contribution in [-0.2, 0) is 0 Å². The highest BCUT2D eigenvalue weighted by molar-refractivity contribution is 5.95. The molecule has 2 rings (SSSR count). The van der Waals surface area contributed by atoms with Gasteiger partial charge in [0.2, 0.25) is 0 Å². The zero-order valence-corrected chi connectivity index (χ0v) is 11.2. The van der Waals surface area contributed by atoms with E-state index in [1.54, 1.807) is 26.1 Å². The van der Waals surface area contributed by atoms with E-state index in [0.29, 0.717) is 17.1 Å². The first-order valence-electron chi connectivity index (χ1n) is 6.03. The maximum absolute atomic E-state index is 11.9. The van der Waals surface area contributed by atoms with E-state index in [1.165, 1.54) is 0 Å². The molecular weight excluding hydrogens is 240 g/mol. The number of hydrogen-bond donors (Lipinski definition) is 1. The summed E-state index contributed by atoms with van der Waals surface area (Å²) in [5.41, 5.74) is 5.10. The molecule has 98 valence electrons. The summed E-state index contributed by atoms with van der Waals surface area (Å²) in [4.78, 5) is 11.9. The topological polar surface area (TPSA) is 54.6 Å². The molecule has 19 heavy (non-hydrogen) atoms. The van der Waals surface area contributed by atoms with Crippen molar-refractivity contribution in [1.29, 1.82) is 0 Å². The SMILES string of the molecule is Cc1cccc(C=NNC(=O)c2cc(C)oc2C)c1. The highest BCUT2D eigenvalue weighted by Crippen LogP contribution is 2.13. The maximum atomic E-state index is 11.9. The van der Waals surface area contributed by atoms with Crippen molar-refractivity contribution in [2.75, 3.05) is 0 Å². The second kappa shape index (κ2) is 5.52. The Morgan fingerprint density at radius 3 is 2.68 bits per heavy atom. The van der Waals surface area contributed by atoms with Gasteiger partial charge in [0, 0.05) is 0 Å². The lowest BCUT2D eigenvalue weighted by Crippen LogP contribution is -2.17. The van der Waals surface area contributed by atoms with Crippen molar-refractivity contribution in [2.24, 2.45) is 5.10 Å². The van der Waals surface area contributed by atoms with Crippen LogP contribution in [0.4, 0.5) is 0 Å². The lowest BCUT2D eigenvalue weighted by molar-refractivity contribution is 0.0953. The Balaban J connectivity index is 2.03. The van der Waals surface area contributed by atoms with Crippen molar-refractivity contribution in [2.45, 2.75) is 20.8 Å². The van der Waals surface area contributed by atoms with Gasteiger partial charge in [-0.05, 0) is 32.4 Å². The van der Waals surface area contributed by atoms with Crippen LogP contribution < -0.4 is 5.43 Å². The predicted octanol–water partition coefficient (Wildman–Crippen LogP) is 2.97. The van der Waals surface area contributed by atoms with E-state index in [0.717, 1.165) is 11.1 Å². The number of nitrogens with one attached hydrogen (secondary N) is 1. The van der Waals surface area contributed by atoms with Crippen molar-refractivity contribution in [3.05, 3.63) is 58.5 Å². The summed E-state index contributed by atoms with van der Waals surface area (Å²) in [6, 6.07) is 9.57. The van der Waals surface area contributed by atoms with Crippen LogP contribution in [0.15, 0.2) is 39.9 Å². The zero-order valence-electron chi connectivity index (χ0n) is 11.2. The average molecular weight is 256 g/mol. The molecule has 0 atom stereocenters. The summed E-state index contributed by atoms with van der Waals surface area (Å²) in [5, 5.41) is 3.94. The minimum absolute atomic E-state index is 0.266. The van der Waals surface area contributed by atoms with Crippen LogP contribution in [0.1, 0.15) is 33.0 Å². The fraction of sp³-hybridized carbons (Fsp3) is 0.200. The number of benzene rings is 1. The summed E-state index contributed by atoms with van der Waals surface area (Å²) < 4.78 is 5.30. The molecule has 0 aliphatic carbocycles. The van der Waals surface area contributed by atoms with Crippen molar-refractivity contribution >= 4 is 12.1 Å². The number of carbonyl (C=O) groups is 1. The Hall–Kier alpha value is -2.36. The molecule has 4 nitrogen and oxygen atoms in total. The molecule has 1 heterocycles. The number of hydrazone groups is 1. The number of hydrogen-bond acceptors (Lipinski definition) is 3. The van der Waals surface area contributed by atoms with E-state index in [1.807, 2.05) is 31.2 Å². The molecule has 0 aliphatic heterocycles. The summed E-state index contributed by atoms with van der Waals surface area (Å²) in [7, 11) is 0. The second-order valence-electron chi connectivity index (χ2n) is 4.44. The van der Waals surface area contributed by atoms with Gasteiger partial charge in [0.15, 0.2) is 0 Å². The molecule has 0 radical (unpaired) electrons. The maximum Gasteiger partial charge on any atom is 0.274 e. The molecule has 0 unspecified atom stereocenters. The van der Waals surface area contributed by atoms with Crippen LogP contribution in [0.2, 0.25) is 0 Å². The average Bonchev–Trinajstić information content (AvgIpc) is 2.68. The van der Waals surface area contributed by atoms with Gasteiger partial charge in [-0.15, -0.1) is 0 Å². The van der Waals surface area contributed by atoms with E-state index in [4.69, 9.17) is 4.42 Å². The van der Waals surface area contributed by atoms with Crippen LogP contribution in [0.25, 0.3) is 0 Å². The smallest absolute Gasteiger partial charge is 0.274 e. The Labute approximate surface area is 112 Å². The van der Waals surface area contributed by atoms with E-state index < -0.39 is 0 Å². The first kappa shape index (κ1) is 13.1. The van der Waals surface area contributed by atoms with Gasteiger partial charge in [-0.1, -0.05) is 29.8 Å². The second-order valence-corrected chi connectivity index (χ2v) is 4.44. The first-order valence-corrected chi connectivity index (χ1v) is 6.03. The molecule has 0 aliphatic rings. The van der Waals surface area contributed by atoms with E-state index in [2.05, 4.69) is 10.5 Å². The predicted molar refractivity (Wildman–Crippen MR) is 74.4 cm³/mol. The Morgan fingerprint density at radius 2 is 2.05 bits per heavy atom. The third-order valence-corrected chi connectivity index (χ3v) is 2.71. The molecule has 1 N–H and O–H groups in total. The molecule has 0 saturated carbocycles. The summed E-state index contributed by atoms with van der Waals surface area (Å²) in [5.74, 6) is 1.05. The molecule has 1 amide bonds. The quantitative estimate of drug-likeness (QED) is 0.678. The lowest BCUT2D eigenvalue weighted by atomic mass is 10.2. The van der Waals surface area contributed by atoms with E-state index in [-0.39, 0.29) is 5.91 Å². The summed E-state index contributed by atoms with van der Waals surface area (Å²) in [6.07, 6.45) is 1.62. The molecule has 1 aromatic heterocycles. The minimum atomic E-state index is -0.266. The van der Waals surface area contributed by atoms with E-state index in [9.17, 15) is 4.79 Å². The van der Waals surface area contributed by atoms with Crippen LogP contribution >= 0.6 is 0 Å². The Morgan fingerprint density at radius 1 is 1.26 bits per heavy atom. The third-order valence-electron chi connectivity index (χ3n) is 2.71. The largest absolute Gasteiger partial charge is 0.466 e. The van der Waals surface area contributed by atoms with Crippen LogP contribution in [0.5, 0.6) is 0 Å². The van der Waals surface area contributed by atoms with Crippen molar-refractivity contribution in [3.63, 3.8) is 0 Å². The summed E-state index contributed by atoms with van der Waals surface area (Å²) in [6.45, 7) is 5.57. The molecule has 0 fully saturated rings. The van der Waals surface area contributed by atoms with Crippen LogP contribution in [0, 0.1) is 20.8 Å². The number of furan rings is 1. The Bertz CT molecular complexity index is 627. The number of carbonyl (C=O) groups excluding carboxylic acids is 1. The van der Waals surface area contributed by atoms with Crippen LogP contribution in [0.3, 0.4) is 0 Å². The van der Waals surface area contributed by atoms with Gasteiger partial charge in [0.25, 0.3) is 5.91 Å². The van der Waals surface area contributed by atoms with Gasteiger partial charge in [-0.25, -0.2) is 5.43 Å². The molecule has 0 saturated heterocycles. The molecular formula is C15H16N2O2. The molecule has 1 aromatic carbocycles. The number of nitrogens with zero attached hydrogens (tertiary/aromatic N) is 1. The number of rotatable bonds is 3. The highest BCUT2D eigenvalue weighted by Gasteiger charge is 2.12. The number of aryl methyl sites for hydroxylation is 3. The van der Waals surface area contributed by atoms with Crippen molar-refractivity contribution in [3.8, 4) is 0 Å². The van der Waals surface area contributed by atoms with Gasteiger partial charge in [-0.2, -0.15) is 5.10 Å². The normalized spacial score (nSPS) is 10.9.